The first-order valence-electron chi connectivity index (χ1n) is 10.5. The number of hydrogen-bond acceptors (Lipinski definition) is 7. The standard InChI is InChI=1S/C23H26N4O5S/c1-24(2)20-8-4-7-19-18(20)6-5-9-23(19)33(30,31)26-14-12-25(13-15-26)21-16-17(27(28)29)10-11-22(21)32-3/h4-11,16H,12-15H2,1-3H3. The highest BCUT2D eigenvalue weighted by Gasteiger charge is 2.31. The number of nitro benzene ring substituents is 1. The normalized spacial score (nSPS) is 14.9. The summed E-state index contributed by atoms with van der Waals surface area (Å²) >= 11 is 0. The van der Waals surface area contributed by atoms with Crippen LogP contribution in [0.15, 0.2) is 59.5 Å². The number of sulfonamides is 1. The van der Waals surface area contributed by atoms with E-state index in [0.29, 0.717) is 29.9 Å². The van der Waals surface area contributed by atoms with Crippen LogP contribution < -0.4 is 14.5 Å². The Hall–Kier alpha value is -3.37. The summed E-state index contributed by atoms with van der Waals surface area (Å²) < 4.78 is 34.0. The molecule has 1 saturated heterocycles. The van der Waals surface area contributed by atoms with Crippen LogP contribution in [-0.4, -0.2) is 65.0 Å². The number of non-ortho nitro benzene ring substituents is 1. The molecule has 3 aromatic carbocycles. The number of piperazine rings is 1. The third-order valence-electron chi connectivity index (χ3n) is 5.91. The van der Waals surface area contributed by atoms with Gasteiger partial charge < -0.3 is 14.5 Å². The Morgan fingerprint density at radius 2 is 1.64 bits per heavy atom. The van der Waals surface area contributed by atoms with Crippen LogP contribution in [0.1, 0.15) is 0 Å². The van der Waals surface area contributed by atoms with Crippen LogP contribution >= 0.6 is 0 Å². The molecule has 4 rings (SSSR count). The van der Waals surface area contributed by atoms with Gasteiger partial charge in [0.2, 0.25) is 10.0 Å². The molecule has 0 spiro atoms. The zero-order valence-corrected chi connectivity index (χ0v) is 19.6. The van der Waals surface area contributed by atoms with Gasteiger partial charge in [-0.1, -0.05) is 24.3 Å². The lowest BCUT2D eigenvalue weighted by atomic mass is 10.1. The van der Waals surface area contributed by atoms with E-state index >= 15 is 0 Å². The first kappa shape index (κ1) is 22.8. The van der Waals surface area contributed by atoms with Crippen LogP contribution in [-0.2, 0) is 10.0 Å². The quantitative estimate of drug-likeness (QED) is 0.403. The summed E-state index contributed by atoms with van der Waals surface area (Å²) in [6, 6.07) is 15.4. The number of rotatable bonds is 6. The fourth-order valence-electron chi connectivity index (χ4n) is 4.23. The molecule has 9 nitrogen and oxygen atoms in total. The van der Waals surface area contributed by atoms with E-state index in [9.17, 15) is 18.5 Å². The molecule has 1 aliphatic rings. The van der Waals surface area contributed by atoms with Gasteiger partial charge in [-0.05, 0) is 18.2 Å². The summed E-state index contributed by atoms with van der Waals surface area (Å²) in [5.74, 6) is 0.516. The Morgan fingerprint density at radius 1 is 0.970 bits per heavy atom. The zero-order chi connectivity index (χ0) is 23.8. The molecule has 0 bridgehead atoms. The van der Waals surface area contributed by atoms with Crippen LogP contribution in [0.2, 0.25) is 0 Å². The predicted molar refractivity (Wildman–Crippen MR) is 129 cm³/mol. The second kappa shape index (κ2) is 8.87. The van der Waals surface area contributed by atoms with Crippen molar-refractivity contribution in [3.05, 3.63) is 64.7 Å². The molecule has 0 N–H and O–H groups in total. The topological polar surface area (TPSA) is 96.2 Å². The molecule has 0 saturated carbocycles. The van der Waals surface area contributed by atoms with Gasteiger partial charge in [0, 0.05) is 68.9 Å². The van der Waals surface area contributed by atoms with Gasteiger partial charge in [-0.3, -0.25) is 10.1 Å². The number of nitro groups is 1. The lowest BCUT2D eigenvalue weighted by molar-refractivity contribution is -0.384. The molecule has 0 radical (unpaired) electrons. The monoisotopic (exact) mass is 470 g/mol. The maximum absolute atomic E-state index is 13.6. The van der Waals surface area contributed by atoms with Crippen LogP contribution in [0.4, 0.5) is 17.1 Å². The molecule has 0 aromatic heterocycles. The highest BCUT2D eigenvalue weighted by atomic mass is 32.2. The highest BCUT2D eigenvalue weighted by molar-refractivity contribution is 7.89. The van der Waals surface area contributed by atoms with E-state index in [1.807, 2.05) is 48.2 Å². The molecule has 0 amide bonds. The molecule has 3 aromatic rings. The van der Waals surface area contributed by atoms with Crippen LogP contribution in [0.3, 0.4) is 0 Å². The third-order valence-corrected chi connectivity index (χ3v) is 7.87. The second-order valence-electron chi connectivity index (χ2n) is 8.03. The van der Waals surface area contributed by atoms with E-state index in [0.717, 1.165) is 11.1 Å². The Morgan fingerprint density at radius 3 is 2.27 bits per heavy atom. The van der Waals surface area contributed by atoms with Crippen molar-refractivity contribution in [3.8, 4) is 5.75 Å². The summed E-state index contributed by atoms with van der Waals surface area (Å²) in [4.78, 5) is 14.9. The maximum atomic E-state index is 13.6. The minimum Gasteiger partial charge on any atom is -0.495 e. The SMILES string of the molecule is COc1ccc([N+](=O)[O-])cc1N1CCN(S(=O)(=O)c2cccc3c(N(C)C)cccc23)CC1. The molecule has 1 fully saturated rings. The third kappa shape index (κ3) is 4.19. The number of methoxy groups -OCH3 is 1. The Bertz CT molecular complexity index is 1300. The van der Waals surface area contributed by atoms with Gasteiger partial charge >= 0.3 is 0 Å². The number of anilines is 2. The minimum atomic E-state index is -3.73. The molecule has 174 valence electrons. The first-order valence-corrected chi connectivity index (χ1v) is 11.9. The van der Waals surface area contributed by atoms with Gasteiger partial charge in [-0.15, -0.1) is 0 Å². The fourth-order valence-corrected chi connectivity index (χ4v) is 5.86. The van der Waals surface area contributed by atoms with E-state index in [1.165, 1.54) is 23.5 Å². The van der Waals surface area contributed by atoms with Crippen molar-refractivity contribution in [3.63, 3.8) is 0 Å². The number of ether oxygens (including phenoxy) is 1. The average Bonchev–Trinajstić information content (AvgIpc) is 2.82. The lowest BCUT2D eigenvalue weighted by Gasteiger charge is -2.36. The van der Waals surface area contributed by atoms with Gasteiger partial charge in [-0.2, -0.15) is 4.31 Å². The van der Waals surface area contributed by atoms with Gasteiger partial charge in [0.1, 0.15) is 5.75 Å². The number of benzene rings is 3. The molecule has 0 aliphatic carbocycles. The molecule has 0 unspecified atom stereocenters. The fraction of sp³-hybridized carbons (Fsp3) is 0.304. The molecule has 10 heteroatoms. The van der Waals surface area contributed by atoms with Crippen molar-refractivity contribution < 1.29 is 18.1 Å². The van der Waals surface area contributed by atoms with Crippen molar-refractivity contribution >= 4 is 37.9 Å². The van der Waals surface area contributed by atoms with Crippen molar-refractivity contribution in [1.82, 2.24) is 4.31 Å². The van der Waals surface area contributed by atoms with E-state index < -0.39 is 14.9 Å². The predicted octanol–water partition coefficient (Wildman–Crippen LogP) is 3.33. The molecule has 33 heavy (non-hydrogen) atoms. The summed E-state index contributed by atoms with van der Waals surface area (Å²) in [5, 5.41) is 12.8. The Balaban J connectivity index is 1.62. The lowest BCUT2D eigenvalue weighted by Crippen LogP contribution is -2.48. The zero-order valence-electron chi connectivity index (χ0n) is 18.8. The van der Waals surface area contributed by atoms with Gasteiger partial charge in [0.05, 0.1) is 22.6 Å². The van der Waals surface area contributed by atoms with Gasteiger partial charge in [0.15, 0.2) is 0 Å². The van der Waals surface area contributed by atoms with E-state index in [-0.39, 0.29) is 23.7 Å². The first-order chi connectivity index (χ1) is 15.7. The largest absolute Gasteiger partial charge is 0.495 e. The van der Waals surface area contributed by atoms with Crippen molar-refractivity contribution in [2.24, 2.45) is 0 Å². The van der Waals surface area contributed by atoms with Crippen molar-refractivity contribution in [2.45, 2.75) is 4.90 Å². The molecular formula is C23H26N4O5S. The summed E-state index contributed by atoms with van der Waals surface area (Å²) in [6.45, 7) is 1.31. The summed E-state index contributed by atoms with van der Waals surface area (Å²) in [7, 11) is 1.64. The minimum absolute atomic E-state index is 0.0340. The molecule has 1 heterocycles. The van der Waals surface area contributed by atoms with Crippen LogP contribution in [0.25, 0.3) is 10.8 Å². The Kier molecular flexibility index (Phi) is 6.13. The van der Waals surface area contributed by atoms with E-state index in [2.05, 4.69) is 0 Å². The Labute approximate surface area is 193 Å². The summed E-state index contributed by atoms with van der Waals surface area (Å²) in [6.07, 6.45) is 0. The van der Waals surface area contributed by atoms with E-state index in [1.54, 1.807) is 18.2 Å². The molecule has 1 aliphatic heterocycles. The van der Waals surface area contributed by atoms with E-state index in [4.69, 9.17) is 4.74 Å². The molecule has 0 atom stereocenters. The van der Waals surface area contributed by atoms with Gasteiger partial charge in [0.25, 0.3) is 5.69 Å². The molecular weight excluding hydrogens is 444 g/mol. The number of hydrogen-bond donors (Lipinski definition) is 0. The average molecular weight is 471 g/mol. The van der Waals surface area contributed by atoms with Crippen molar-refractivity contribution in [1.29, 1.82) is 0 Å². The van der Waals surface area contributed by atoms with Crippen LogP contribution in [0.5, 0.6) is 5.75 Å². The second-order valence-corrected chi connectivity index (χ2v) is 9.93. The van der Waals surface area contributed by atoms with Crippen molar-refractivity contribution in [2.75, 3.05) is 57.2 Å². The van der Waals surface area contributed by atoms with Gasteiger partial charge in [-0.25, -0.2) is 8.42 Å². The highest BCUT2D eigenvalue weighted by Crippen LogP contribution is 2.35. The number of fused-ring (bicyclic) bond motifs is 1. The number of nitrogens with zero attached hydrogens (tertiary/aromatic N) is 4. The summed E-state index contributed by atoms with van der Waals surface area (Å²) in [5.41, 5.74) is 1.50. The van der Waals surface area contributed by atoms with Crippen LogP contribution in [0, 0.1) is 10.1 Å². The smallest absolute Gasteiger partial charge is 0.271 e. The maximum Gasteiger partial charge on any atom is 0.271 e.